The molecule has 0 fully saturated rings. The van der Waals surface area contributed by atoms with E-state index in [0.29, 0.717) is 13.0 Å². The summed E-state index contributed by atoms with van der Waals surface area (Å²) in [5, 5.41) is 2.31. The largest absolute Gasteiger partial charge is 0.493 e. The first-order valence-corrected chi connectivity index (χ1v) is 11.9. The van der Waals surface area contributed by atoms with Crippen LogP contribution in [0.15, 0.2) is 48.5 Å². The van der Waals surface area contributed by atoms with Crippen LogP contribution in [0.25, 0.3) is 12.2 Å². The Kier molecular flexibility index (Phi) is 8.93. The van der Waals surface area contributed by atoms with Gasteiger partial charge in [0.2, 0.25) is 0 Å². The Hall–Kier alpha value is -2.11. The van der Waals surface area contributed by atoms with Crippen LogP contribution in [0.2, 0.25) is 0 Å². The number of benzene rings is 2. The Morgan fingerprint density at radius 2 is 1.59 bits per heavy atom. The van der Waals surface area contributed by atoms with Crippen molar-refractivity contribution < 1.29 is 17.3 Å². The van der Waals surface area contributed by atoms with E-state index < -0.39 is 16.2 Å². The van der Waals surface area contributed by atoms with E-state index in [0.717, 1.165) is 41.5 Å². The zero-order valence-electron chi connectivity index (χ0n) is 17.8. The second kappa shape index (κ2) is 11.2. The number of rotatable bonds is 7. The third kappa shape index (κ3) is 8.42. The van der Waals surface area contributed by atoms with Gasteiger partial charge < -0.3 is 4.74 Å². The Balaban J connectivity index is 0.000000687. The van der Waals surface area contributed by atoms with Gasteiger partial charge >= 0.3 is 0 Å². The van der Waals surface area contributed by atoms with Crippen molar-refractivity contribution in [2.75, 3.05) is 12.9 Å². The minimum Gasteiger partial charge on any atom is -0.493 e. The van der Waals surface area contributed by atoms with Crippen molar-refractivity contribution in [3.63, 3.8) is 0 Å². The summed E-state index contributed by atoms with van der Waals surface area (Å²) in [6, 6.07) is 15.4. The van der Waals surface area contributed by atoms with Crippen LogP contribution < -0.4 is 15.2 Å². The molecule has 29 heavy (non-hydrogen) atoms. The van der Waals surface area contributed by atoms with Crippen molar-refractivity contribution >= 4 is 22.3 Å². The van der Waals surface area contributed by atoms with Gasteiger partial charge in [0.1, 0.15) is 11.9 Å². The molecule has 0 amide bonds. The van der Waals surface area contributed by atoms with E-state index in [1.54, 1.807) is 0 Å². The monoisotopic (exact) mass is 416 g/mol. The molecule has 1 aliphatic rings. The molecule has 0 radical (unpaired) electrons. The molecule has 4 nitrogen and oxygen atoms in total. The topological polar surface area (TPSA) is 52.6 Å². The van der Waals surface area contributed by atoms with Gasteiger partial charge in [0.25, 0.3) is 10.1 Å². The summed E-state index contributed by atoms with van der Waals surface area (Å²) in [6.45, 7) is 6.87. The van der Waals surface area contributed by atoms with Crippen molar-refractivity contribution in [3.8, 4) is 5.75 Å². The molecule has 2 aromatic rings. The average molecular weight is 417 g/mol. The Bertz CT molecular complexity index is 977. The summed E-state index contributed by atoms with van der Waals surface area (Å²) in [6.07, 6.45) is 7.43. The minimum absolute atomic E-state index is 0.374. The Morgan fingerprint density at radius 1 is 0.931 bits per heavy atom. The fourth-order valence-corrected chi connectivity index (χ4v) is 3.60. The Morgan fingerprint density at radius 3 is 2.24 bits per heavy atom. The maximum Gasteiger partial charge on any atom is 0.264 e. The van der Waals surface area contributed by atoms with E-state index in [9.17, 15) is 8.42 Å². The van der Waals surface area contributed by atoms with Crippen LogP contribution in [-0.2, 0) is 14.3 Å². The van der Waals surface area contributed by atoms with Gasteiger partial charge in [-0.15, -0.1) is 0 Å². The number of hydrogen-bond donors (Lipinski definition) is 0. The standard InChI is InChI=1S/C20H22O4S.C4H10/c1-25(21,22)24-19(17-9-3-2-4-10-17)14-15-23-20-13-7-11-16-8-5-6-12-18(16)20;1-4(2)3/h2-4,7-13,19H,5-6,14-15H2,1H3;4H,1-3H3. The molecule has 0 N–H and O–H groups in total. The SMILES string of the molecule is CC(C)C.CS(=O)(=O)OC(CCOc1cccc2c1=CCCC=2)c1ccccc1. The molecule has 5 heteroatoms. The summed E-state index contributed by atoms with van der Waals surface area (Å²) in [7, 11) is -3.55. The highest BCUT2D eigenvalue weighted by Crippen LogP contribution is 2.23. The van der Waals surface area contributed by atoms with Crippen molar-refractivity contribution in [2.45, 2.75) is 46.1 Å². The number of ether oxygens (including phenoxy) is 1. The molecule has 3 rings (SSSR count). The summed E-state index contributed by atoms with van der Waals surface area (Å²) < 4.78 is 34.3. The molecule has 1 unspecified atom stereocenters. The molecule has 0 heterocycles. The zero-order valence-corrected chi connectivity index (χ0v) is 18.6. The van der Waals surface area contributed by atoms with Crippen LogP contribution in [0, 0.1) is 5.92 Å². The first-order valence-electron chi connectivity index (χ1n) is 10.1. The third-order valence-electron chi connectivity index (χ3n) is 4.08. The van der Waals surface area contributed by atoms with E-state index >= 15 is 0 Å². The summed E-state index contributed by atoms with van der Waals surface area (Å²) in [5.41, 5.74) is 0.825. The second-order valence-corrected chi connectivity index (χ2v) is 9.41. The fourth-order valence-electron chi connectivity index (χ4n) is 2.97. The fraction of sp³-hybridized carbons (Fsp3) is 0.417. The quantitative estimate of drug-likeness (QED) is 0.635. The number of hydrogen-bond acceptors (Lipinski definition) is 4. The normalized spacial score (nSPS) is 14.0. The lowest BCUT2D eigenvalue weighted by atomic mass is 10.1. The van der Waals surface area contributed by atoms with Crippen molar-refractivity contribution in [1.82, 2.24) is 0 Å². The van der Waals surface area contributed by atoms with Gasteiger partial charge in [-0.3, -0.25) is 4.18 Å². The van der Waals surface area contributed by atoms with Crippen LogP contribution >= 0.6 is 0 Å². The van der Waals surface area contributed by atoms with Crippen LogP contribution in [0.3, 0.4) is 0 Å². The van der Waals surface area contributed by atoms with Crippen LogP contribution in [-0.4, -0.2) is 21.3 Å². The third-order valence-corrected chi connectivity index (χ3v) is 4.66. The summed E-state index contributed by atoms with van der Waals surface area (Å²) >= 11 is 0. The highest BCUT2D eigenvalue weighted by molar-refractivity contribution is 7.86. The highest BCUT2D eigenvalue weighted by Gasteiger charge is 2.18. The predicted molar refractivity (Wildman–Crippen MR) is 120 cm³/mol. The molecule has 0 aromatic heterocycles. The second-order valence-electron chi connectivity index (χ2n) is 7.81. The predicted octanol–water partition coefficient (Wildman–Crippen LogP) is 4.19. The molecule has 1 atom stereocenters. The van der Waals surface area contributed by atoms with Gasteiger partial charge in [-0.05, 0) is 35.6 Å². The smallest absolute Gasteiger partial charge is 0.264 e. The molecule has 0 spiro atoms. The molecular weight excluding hydrogens is 384 g/mol. The van der Waals surface area contributed by atoms with Gasteiger partial charge in [0.05, 0.1) is 12.9 Å². The van der Waals surface area contributed by atoms with Crippen LogP contribution in [0.4, 0.5) is 0 Å². The summed E-state index contributed by atoms with van der Waals surface area (Å²) in [5.74, 6) is 1.67. The van der Waals surface area contributed by atoms with Crippen LogP contribution in [0.5, 0.6) is 5.75 Å². The molecular formula is C24H32O4S. The van der Waals surface area contributed by atoms with Crippen molar-refractivity contribution in [1.29, 1.82) is 0 Å². The molecule has 0 saturated carbocycles. The lowest BCUT2D eigenvalue weighted by molar-refractivity contribution is 0.171. The molecule has 1 aliphatic carbocycles. The van der Waals surface area contributed by atoms with Gasteiger partial charge in [-0.25, -0.2) is 0 Å². The van der Waals surface area contributed by atoms with Gasteiger partial charge in [0.15, 0.2) is 0 Å². The van der Waals surface area contributed by atoms with Crippen molar-refractivity contribution in [3.05, 3.63) is 64.5 Å². The first-order chi connectivity index (χ1) is 13.8. The lowest BCUT2D eigenvalue weighted by Gasteiger charge is -2.17. The molecule has 0 saturated heterocycles. The summed E-state index contributed by atoms with van der Waals surface area (Å²) in [4.78, 5) is 0. The van der Waals surface area contributed by atoms with E-state index in [1.165, 1.54) is 5.22 Å². The van der Waals surface area contributed by atoms with Crippen LogP contribution in [0.1, 0.15) is 51.7 Å². The molecule has 0 aliphatic heterocycles. The maximum absolute atomic E-state index is 11.6. The van der Waals surface area contributed by atoms with Gasteiger partial charge in [0, 0.05) is 11.6 Å². The Labute approximate surface area is 175 Å². The van der Waals surface area contributed by atoms with E-state index in [4.69, 9.17) is 8.92 Å². The van der Waals surface area contributed by atoms with Gasteiger partial charge in [-0.1, -0.05) is 75.4 Å². The first kappa shape index (κ1) is 23.2. The zero-order chi connectivity index (χ0) is 21.3. The molecule has 0 bridgehead atoms. The van der Waals surface area contributed by atoms with Gasteiger partial charge in [-0.2, -0.15) is 8.42 Å². The highest BCUT2D eigenvalue weighted by atomic mass is 32.2. The van der Waals surface area contributed by atoms with E-state index in [1.807, 2.05) is 42.5 Å². The minimum atomic E-state index is -3.55. The molecule has 2 aromatic carbocycles. The average Bonchev–Trinajstić information content (AvgIpc) is 2.67. The van der Waals surface area contributed by atoms with E-state index in [-0.39, 0.29) is 0 Å². The maximum atomic E-state index is 11.6. The van der Waals surface area contributed by atoms with Crippen molar-refractivity contribution in [2.24, 2.45) is 5.92 Å². The molecule has 158 valence electrons. The number of fused-ring (bicyclic) bond motifs is 1. The lowest BCUT2D eigenvalue weighted by Crippen LogP contribution is -2.28. The van der Waals surface area contributed by atoms with E-state index in [2.05, 4.69) is 39.0 Å².